The molecule has 1 saturated carbocycles. The van der Waals surface area contributed by atoms with E-state index in [0.29, 0.717) is 11.4 Å². The summed E-state index contributed by atoms with van der Waals surface area (Å²) in [5.74, 6) is 1.59. The molecule has 1 N–H and O–H groups in total. The minimum Gasteiger partial charge on any atom is -0.481 e. The topological polar surface area (TPSA) is 67.6 Å². The maximum Gasteiger partial charge on any atom is 0.221 e. The van der Waals surface area contributed by atoms with Crippen molar-refractivity contribution >= 4 is 23.9 Å². The number of nitrogens with zero attached hydrogens (tertiary/aromatic N) is 5. The lowest BCUT2D eigenvalue weighted by atomic mass is 10.1. The van der Waals surface area contributed by atoms with Crippen LogP contribution in [0.3, 0.4) is 0 Å². The first-order chi connectivity index (χ1) is 12.3. The molecule has 2 fully saturated rings. The standard InChI is InChI=1S/C18H20N6O.ClH/c1-25-17-13(3-2-7-19-17)14-11-21-24-9-4-15(22-16(14)24)23-10-8-20-18(12-23)5-6-18;/h2-4,7,9,11,20H,5-6,8,10,12H2,1H3;1H. The summed E-state index contributed by atoms with van der Waals surface area (Å²) < 4.78 is 7.21. The van der Waals surface area contributed by atoms with Crippen LogP contribution in [-0.2, 0) is 0 Å². The number of hydrogen-bond acceptors (Lipinski definition) is 6. The van der Waals surface area contributed by atoms with Crippen molar-refractivity contribution in [3.63, 3.8) is 0 Å². The van der Waals surface area contributed by atoms with Crippen LogP contribution in [0.4, 0.5) is 5.82 Å². The first-order valence-corrected chi connectivity index (χ1v) is 8.62. The molecule has 4 heterocycles. The molecule has 136 valence electrons. The van der Waals surface area contributed by atoms with Crippen molar-refractivity contribution < 1.29 is 4.74 Å². The average molecular weight is 373 g/mol. The smallest absolute Gasteiger partial charge is 0.221 e. The molecule has 3 aromatic rings. The van der Waals surface area contributed by atoms with E-state index in [4.69, 9.17) is 9.72 Å². The molecule has 0 bridgehead atoms. The summed E-state index contributed by atoms with van der Waals surface area (Å²) in [6, 6.07) is 5.94. The highest BCUT2D eigenvalue weighted by Gasteiger charge is 2.45. The first kappa shape index (κ1) is 17.1. The summed E-state index contributed by atoms with van der Waals surface area (Å²) in [4.78, 5) is 11.6. The SMILES string of the molecule is COc1ncccc1-c1cnn2ccc(N3CCNC4(CC4)C3)nc12.Cl. The second kappa shape index (κ2) is 6.41. The maximum atomic E-state index is 5.41. The molecule has 5 rings (SSSR count). The number of hydrogen-bond donors (Lipinski definition) is 1. The summed E-state index contributed by atoms with van der Waals surface area (Å²) in [7, 11) is 1.63. The number of halogens is 1. The van der Waals surface area contributed by atoms with Crippen molar-refractivity contribution in [2.45, 2.75) is 18.4 Å². The number of fused-ring (bicyclic) bond motifs is 1. The molecule has 8 heteroatoms. The fourth-order valence-corrected chi connectivity index (χ4v) is 3.62. The number of piperazine rings is 1. The number of aromatic nitrogens is 4. The van der Waals surface area contributed by atoms with E-state index >= 15 is 0 Å². The fraction of sp³-hybridized carbons (Fsp3) is 0.389. The molecule has 1 saturated heterocycles. The third-order valence-electron chi connectivity index (χ3n) is 5.16. The predicted molar refractivity (Wildman–Crippen MR) is 102 cm³/mol. The number of anilines is 1. The Hall–Kier alpha value is -2.38. The van der Waals surface area contributed by atoms with Crippen molar-refractivity contribution in [2.24, 2.45) is 0 Å². The molecule has 3 aromatic heterocycles. The summed E-state index contributed by atoms with van der Waals surface area (Å²) in [5.41, 5.74) is 2.99. The number of nitrogens with one attached hydrogen (secondary N) is 1. The van der Waals surface area contributed by atoms with Gasteiger partial charge in [0.1, 0.15) is 5.82 Å². The van der Waals surface area contributed by atoms with Gasteiger partial charge in [0, 0.05) is 43.1 Å². The zero-order valence-corrected chi connectivity index (χ0v) is 15.4. The lowest BCUT2D eigenvalue weighted by Crippen LogP contribution is -2.52. The van der Waals surface area contributed by atoms with Crippen LogP contribution in [0, 0.1) is 0 Å². The number of ether oxygens (including phenoxy) is 1. The van der Waals surface area contributed by atoms with E-state index in [1.807, 2.05) is 30.6 Å². The van der Waals surface area contributed by atoms with Crippen molar-refractivity contribution in [1.29, 1.82) is 0 Å². The minimum atomic E-state index is 0. The van der Waals surface area contributed by atoms with Crippen LogP contribution in [0.2, 0.25) is 0 Å². The van der Waals surface area contributed by atoms with Gasteiger partial charge in [-0.3, -0.25) is 0 Å². The summed E-state index contributed by atoms with van der Waals surface area (Å²) in [6.07, 6.45) is 8.05. The molecule has 0 atom stereocenters. The molecule has 0 radical (unpaired) electrons. The van der Waals surface area contributed by atoms with Crippen molar-refractivity contribution in [3.05, 3.63) is 36.8 Å². The van der Waals surface area contributed by atoms with Crippen LogP contribution >= 0.6 is 12.4 Å². The Morgan fingerprint density at radius 2 is 2.12 bits per heavy atom. The van der Waals surface area contributed by atoms with Crippen molar-refractivity contribution in [3.8, 4) is 17.0 Å². The third-order valence-corrected chi connectivity index (χ3v) is 5.16. The van der Waals surface area contributed by atoms with E-state index in [1.165, 1.54) is 12.8 Å². The molecule has 0 unspecified atom stereocenters. The largest absolute Gasteiger partial charge is 0.481 e. The van der Waals surface area contributed by atoms with Crippen LogP contribution < -0.4 is 15.0 Å². The molecule has 26 heavy (non-hydrogen) atoms. The van der Waals surface area contributed by atoms with Gasteiger partial charge in [0.15, 0.2) is 5.65 Å². The molecule has 1 spiro atoms. The Morgan fingerprint density at radius 3 is 2.92 bits per heavy atom. The maximum absolute atomic E-state index is 5.41. The van der Waals surface area contributed by atoms with E-state index in [0.717, 1.165) is 42.2 Å². The van der Waals surface area contributed by atoms with Gasteiger partial charge in [-0.15, -0.1) is 12.4 Å². The lowest BCUT2D eigenvalue weighted by Gasteiger charge is -2.34. The van der Waals surface area contributed by atoms with E-state index in [1.54, 1.807) is 17.8 Å². The molecule has 2 aliphatic rings. The van der Waals surface area contributed by atoms with Gasteiger partial charge in [-0.25, -0.2) is 14.5 Å². The predicted octanol–water partition coefficient (Wildman–Crippen LogP) is 2.16. The highest BCUT2D eigenvalue weighted by atomic mass is 35.5. The number of methoxy groups -OCH3 is 1. The Kier molecular flexibility index (Phi) is 4.20. The van der Waals surface area contributed by atoms with Crippen LogP contribution in [-0.4, -0.2) is 51.9 Å². The summed E-state index contributed by atoms with van der Waals surface area (Å²) >= 11 is 0. The van der Waals surface area contributed by atoms with Gasteiger partial charge in [0.25, 0.3) is 0 Å². The second-order valence-electron chi connectivity index (χ2n) is 6.80. The lowest BCUT2D eigenvalue weighted by molar-refractivity contribution is 0.400. The van der Waals surface area contributed by atoms with E-state index < -0.39 is 0 Å². The number of pyridine rings is 1. The monoisotopic (exact) mass is 372 g/mol. The van der Waals surface area contributed by atoms with Gasteiger partial charge >= 0.3 is 0 Å². The third kappa shape index (κ3) is 2.77. The Balaban J connectivity index is 0.00000168. The first-order valence-electron chi connectivity index (χ1n) is 8.62. The van der Waals surface area contributed by atoms with Crippen molar-refractivity contribution in [2.75, 3.05) is 31.6 Å². The fourth-order valence-electron chi connectivity index (χ4n) is 3.62. The van der Waals surface area contributed by atoms with Gasteiger partial charge in [0.05, 0.1) is 18.9 Å². The Labute approximate surface area is 157 Å². The highest BCUT2D eigenvalue weighted by Crippen LogP contribution is 2.38. The average Bonchev–Trinajstić information content (AvgIpc) is 3.27. The van der Waals surface area contributed by atoms with E-state index in [-0.39, 0.29) is 12.4 Å². The van der Waals surface area contributed by atoms with E-state index in [9.17, 15) is 0 Å². The molecule has 1 aliphatic heterocycles. The highest BCUT2D eigenvalue weighted by molar-refractivity contribution is 5.85. The van der Waals surface area contributed by atoms with E-state index in [2.05, 4.69) is 20.3 Å². The molecule has 0 amide bonds. The van der Waals surface area contributed by atoms with Crippen LogP contribution in [0.25, 0.3) is 16.8 Å². The molecule has 1 aliphatic carbocycles. The normalized spacial score (nSPS) is 18.0. The van der Waals surface area contributed by atoms with Crippen LogP contribution in [0.1, 0.15) is 12.8 Å². The van der Waals surface area contributed by atoms with Gasteiger partial charge in [-0.05, 0) is 31.0 Å². The van der Waals surface area contributed by atoms with Gasteiger partial charge in [-0.1, -0.05) is 0 Å². The zero-order chi connectivity index (χ0) is 16.9. The molecular formula is C18H21ClN6O. The Morgan fingerprint density at radius 1 is 1.23 bits per heavy atom. The van der Waals surface area contributed by atoms with Crippen LogP contribution in [0.5, 0.6) is 5.88 Å². The molecule has 0 aromatic carbocycles. The molecule has 7 nitrogen and oxygen atoms in total. The minimum absolute atomic E-state index is 0. The quantitative estimate of drug-likeness (QED) is 0.760. The second-order valence-corrected chi connectivity index (χ2v) is 6.80. The Bertz CT molecular complexity index is 938. The van der Waals surface area contributed by atoms with Crippen molar-refractivity contribution in [1.82, 2.24) is 24.9 Å². The van der Waals surface area contributed by atoms with Crippen LogP contribution in [0.15, 0.2) is 36.8 Å². The summed E-state index contributed by atoms with van der Waals surface area (Å²) in [6.45, 7) is 3.01. The van der Waals surface area contributed by atoms with Gasteiger partial charge in [-0.2, -0.15) is 5.10 Å². The van der Waals surface area contributed by atoms with Gasteiger partial charge < -0.3 is 15.0 Å². The summed E-state index contributed by atoms with van der Waals surface area (Å²) in [5, 5.41) is 8.08. The zero-order valence-electron chi connectivity index (χ0n) is 14.6. The molecular weight excluding hydrogens is 352 g/mol. The van der Waals surface area contributed by atoms with Gasteiger partial charge in [0.2, 0.25) is 5.88 Å². The number of rotatable bonds is 3.